The molecule has 4 nitrogen and oxygen atoms in total. The van der Waals surface area contributed by atoms with Crippen LogP contribution in [0.15, 0.2) is 77.4 Å². The van der Waals surface area contributed by atoms with E-state index >= 15 is 0 Å². The van der Waals surface area contributed by atoms with Crippen molar-refractivity contribution in [1.82, 2.24) is 0 Å². The summed E-state index contributed by atoms with van der Waals surface area (Å²) in [6.45, 7) is 8.80. The van der Waals surface area contributed by atoms with E-state index in [0.717, 1.165) is 48.7 Å². The highest BCUT2D eigenvalue weighted by molar-refractivity contribution is 6.01. The van der Waals surface area contributed by atoms with Gasteiger partial charge in [-0.25, -0.2) is 9.18 Å². The molecule has 0 unspecified atom stereocenters. The molecule has 0 aromatic heterocycles. The Labute approximate surface area is 231 Å². The van der Waals surface area contributed by atoms with Crippen molar-refractivity contribution in [2.45, 2.75) is 53.4 Å². The first-order valence-corrected chi connectivity index (χ1v) is 13.9. The third kappa shape index (κ3) is 6.63. The number of carbonyl (C=O) groups excluding carboxylic acids is 3. The largest absolute Gasteiger partial charge is 0.458 e. The van der Waals surface area contributed by atoms with Gasteiger partial charge in [0.2, 0.25) is 0 Å². The van der Waals surface area contributed by atoms with Gasteiger partial charge < -0.3 is 4.74 Å². The molecule has 3 aliphatic rings. The molecule has 0 bridgehead atoms. The van der Waals surface area contributed by atoms with Gasteiger partial charge in [0.05, 0.1) is 5.92 Å². The number of esters is 1. The lowest BCUT2D eigenvalue weighted by Crippen LogP contribution is -2.34. The average molecular weight is 531 g/mol. The number of rotatable bonds is 8. The second kappa shape index (κ2) is 12.2. The molecular weight excluding hydrogens is 491 g/mol. The van der Waals surface area contributed by atoms with Crippen LogP contribution in [-0.2, 0) is 19.1 Å². The molecule has 0 spiro atoms. The Morgan fingerprint density at radius 3 is 2.72 bits per heavy atom. The number of hydrogen-bond acceptors (Lipinski definition) is 4. The van der Waals surface area contributed by atoms with Crippen LogP contribution >= 0.6 is 0 Å². The fourth-order valence-electron chi connectivity index (χ4n) is 6.87. The van der Waals surface area contributed by atoms with Gasteiger partial charge >= 0.3 is 5.97 Å². The molecule has 0 aliphatic heterocycles. The summed E-state index contributed by atoms with van der Waals surface area (Å²) >= 11 is 0. The summed E-state index contributed by atoms with van der Waals surface area (Å²) in [5, 5.41) is 0. The van der Waals surface area contributed by atoms with Crippen molar-refractivity contribution in [3.05, 3.63) is 88.8 Å². The fourth-order valence-corrected chi connectivity index (χ4v) is 6.87. The van der Waals surface area contributed by atoms with Crippen LogP contribution in [0.2, 0.25) is 0 Å². The van der Waals surface area contributed by atoms with Gasteiger partial charge in [0.25, 0.3) is 0 Å². The summed E-state index contributed by atoms with van der Waals surface area (Å²) in [7, 11) is 0. The van der Waals surface area contributed by atoms with Crippen molar-refractivity contribution >= 4 is 24.1 Å². The van der Waals surface area contributed by atoms with Crippen molar-refractivity contribution in [2.75, 3.05) is 6.61 Å². The van der Waals surface area contributed by atoms with Crippen LogP contribution in [0.5, 0.6) is 0 Å². The van der Waals surface area contributed by atoms with Gasteiger partial charge in [-0.3, -0.25) is 9.59 Å². The highest BCUT2D eigenvalue weighted by Gasteiger charge is 2.50. The first kappa shape index (κ1) is 28.7. The lowest BCUT2D eigenvalue weighted by molar-refractivity contribution is -0.136. The Hall–Kier alpha value is -3.34. The van der Waals surface area contributed by atoms with Crippen LogP contribution in [0.4, 0.5) is 4.39 Å². The molecule has 5 heteroatoms. The number of halogens is 1. The van der Waals surface area contributed by atoms with Crippen LogP contribution in [0, 0.1) is 40.8 Å². The van der Waals surface area contributed by atoms with Crippen LogP contribution in [0.1, 0.15) is 58.9 Å². The van der Waals surface area contributed by atoms with E-state index in [0.29, 0.717) is 23.3 Å². The number of ether oxygens (including phenoxy) is 1. The summed E-state index contributed by atoms with van der Waals surface area (Å²) in [5.74, 6) is 0.459. The van der Waals surface area contributed by atoms with Crippen molar-refractivity contribution in [1.29, 1.82) is 0 Å². The standard InChI is InChI=1S/C34H39FO4/c1-22(21-39-32(38)15-10-25-8-12-27(35)13-9-25)6-5-7-23(2)28-16-17-34(4)19-29-24(3)18-31(37)33(29)26(20-36)11-14-30(28)34/h5-13,15,18,20,23,28-30,33H,14,16-17,19,21H2,1-4H3/b7-5-,15-10+,22-6-,26-11-/t23-,28+,29+,30-,33-,34+/m0/s1. The Balaban J connectivity index is 1.35. The number of carbonyl (C=O) groups is 3. The number of aldehydes is 1. The molecule has 6 atom stereocenters. The normalized spacial score (nSPS) is 31.2. The predicted molar refractivity (Wildman–Crippen MR) is 152 cm³/mol. The van der Waals surface area contributed by atoms with Crippen LogP contribution in [-0.4, -0.2) is 24.6 Å². The summed E-state index contributed by atoms with van der Waals surface area (Å²) in [4.78, 5) is 36.6. The molecule has 0 heterocycles. The summed E-state index contributed by atoms with van der Waals surface area (Å²) in [6, 6.07) is 5.89. The fraction of sp³-hybridized carbons (Fsp3) is 0.441. The molecule has 1 aromatic rings. The minimum absolute atomic E-state index is 0.0838. The maximum absolute atomic E-state index is 13.0. The third-order valence-electron chi connectivity index (χ3n) is 9.11. The highest BCUT2D eigenvalue weighted by atomic mass is 19.1. The van der Waals surface area contributed by atoms with Gasteiger partial charge in [-0.1, -0.05) is 55.9 Å². The van der Waals surface area contributed by atoms with E-state index in [1.807, 2.05) is 26.0 Å². The molecule has 0 radical (unpaired) electrons. The first-order valence-electron chi connectivity index (χ1n) is 13.9. The molecule has 1 fully saturated rings. The second-order valence-electron chi connectivity index (χ2n) is 11.8. The molecule has 4 rings (SSSR count). The maximum atomic E-state index is 13.0. The monoisotopic (exact) mass is 530 g/mol. The number of ketones is 1. The molecule has 1 aromatic carbocycles. The number of fused-ring (bicyclic) bond motifs is 2. The van der Waals surface area contributed by atoms with Gasteiger partial charge in [-0.15, -0.1) is 0 Å². The molecule has 0 amide bonds. The molecule has 0 saturated heterocycles. The number of allylic oxidation sites excluding steroid dienone is 7. The van der Waals surface area contributed by atoms with E-state index in [4.69, 9.17) is 4.74 Å². The average Bonchev–Trinajstić information content (AvgIpc) is 3.36. The minimum Gasteiger partial charge on any atom is -0.458 e. The zero-order chi connectivity index (χ0) is 28.2. The predicted octanol–water partition coefficient (Wildman–Crippen LogP) is 7.23. The van der Waals surface area contributed by atoms with Gasteiger partial charge in [-0.05, 0) is 110 Å². The lowest BCUT2D eigenvalue weighted by atomic mass is 9.63. The van der Waals surface area contributed by atoms with Gasteiger partial charge in [0.15, 0.2) is 5.78 Å². The number of hydrogen-bond donors (Lipinski definition) is 0. The van der Waals surface area contributed by atoms with E-state index < -0.39 is 5.97 Å². The minimum atomic E-state index is -0.446. The van der Waals surface area contributed by atoms with Crippen LogP contribution in [0.25, 0.3) is 6.08 Å². The van der Waals surface area contributed by atoms with E-state index in [1.165, 1.54) is 18.2 Å². The molecule has 206 valence electrons. The summed E-state index contributed by atoms with van der Waals surface area (Å²) in [6.07, 6.45) is 17.9. The smallest absolute Gasteiger partial charge is 0.331 e. The summed E-state index contributed by atoms with van der Waals surface area (Å²) < 4.78 is 18.3. The molecular formula is C34H39FO4. The first-order chi connectivity index (χ1) is 18.6. The van der Waals surface area contributed by atoms with Gasteiger partial charge in [0, 0.05) is 6.08 Å². The van der Waals surface area contributed by atoms with E-state index in [2.05, 4.69) is 26.0 Å². The van der Waals surface area contributed by atoms with E-state index in [-0.39, 0.29) is 35.5 Å². The van der Waals surface area contributed by atoms with E-state index in [1.54, 1.807) is 24.3 Å². The molecule has 3 aliphatic carbocycles. The zero-order valence-corrected chi connectivity index (χ0v) is 23.4. The molecule has 1 saturated carbocycles. The SMILES string of the molecule is CC1=CC(=O)[C@H]2/C(C=O)=C\C[C@H]3[C@@H]([C@@H](C)/C=C\C=C(\C)COC(=O)/C=C/c4ccc(F)cc4)CC[C@]3(C)C[C@H]12. The molecule has 39 heavy (non-hydrogen) atoms. The highest BCUT2D eigenvalue weighted by Crippen LogP contribution is 2.58. The van der Waals surface area contributed by atoms with Crippen LogP contribution in [0.3, 0.4) is 0 Å². The quantitative estimate of drug-likeness (QED) is 0.154. The Morgan fingerprint density at radius 2 is 2.00 bits per heavy atom. The number of benzene rings is 1. The van der Waals surface area contributed by atoms with Crippen molar-refractivity contribution < 1.29 is 23.5 Å². The van der Waals surface area contributed by atoms with Crippen molar-refractivity contribution in [3.63, 3.8) is 0 Å². The zero-order valence-electron chi connectivity index (χ0n) is 23.4. The topological polar surface area (TPSA) is 60.4 Å². The van der Waals surface area contributed by atoms with Crippen molar-refractivity contribution in [3.8, 4) is 0 Å². The lowest BCUT2D eigenvalue weighted by Gasteiger charge is -2.40. The Kier molecular flexibility index (Phi) is 8.99. The Bertz CT molecular complexity index is 1250. The molecule has 0 N–H and O–H groups in total. The van der Waals surface area contributed by atoms with Crippen LogP contribution < -0.4 is 0 Å². The van der Waals surface area contributed by atoms with E-state index in [9.17, 15) is 18.8 Å². The third-order valence-corrected chi connectivity index (χ3v) is 9.11. The van der Waals surface area contributed by atoms with Crippen molar-refractivity contribution in [2.24, 2.45) is 35.0 Å². The van der Waals surface area contributed by atoms with Gasteiger partial charge in [-0.2, -0.15) is 0 Å². The maximum Gasteiger partial charge on any atom is 0.331 e. The van der Waals surface area contributed by atoms with Gasteiger partial charge in [0.1, 0.15) is 18.7 Å². The second-order valence-corrected chi connectivity index (χ2v) is 11.8. The Morgan fingerprint density at radius 1 is 1.26 bits per heavy atom. The summed E-state index contributed by atoms with van der Waals surface area (Å²) in [5.41, 5.74) is 3.58.